The van der Waals surface area contributed by atoms with Crippen molar-refractivity contribution in [1.82, 2.24) is 0 Å². The molecule has 7 heteroatoms. The lowest BCUT2D eigenvalue weighted by atomic mass is 10.1. The van der Waals surface area contributed by atoms with Gasteiger partial charge < -0.3 is 5.32 Å². The Morgan fingerprint density at radius 2 is 1.61 bits per heavy atom. The molecule has 2 aromatic carbocycles. The fraction of sp³-hybridized carbons (Fsp3) is 0.143. The smallest absolute Gasteiger partial charge is 0.319 e. The lowest BCUT2D eigenvalue weighted by Crippen LogP contribution is -2.39. The number of benzene rings is 2. The van der Waals surface area contributed by atoms with Crippen LogP contribution in [0.15, 0.2) is 73.1 Å². The van der Waals surface area contributed by atoms with Crippen molar-refractivity contribution in [2.45, 2.75) is 19.1 Å². The van der Waals surface area contributed by atoms with E-state index in [2.05, 4.69) is 5.32 Å². The van der Waals surface area contributed by atoms with E-state index in [9.17, 15) is 18.0 Å². The number of aromatic nitrogens is 1. The Kier molecular flexibility index (Phi) is 5.99. The Morgan fingerprint density at radius 3 is 2.25 bits per heavy atom. The van der Waals surface area contributed by atoms with E-state index in [1.165, 1.54) is 5.56 Å². The van der Waals surface area contributed by atoms with Crippen molar-refractivity contribution >= 4 is 23.2 Å². The summed E-state index contributed by atoms with van der Waals surface area (Å²) in [4.78, 5) is 12.2. The highest BCUT2D eigenvalue weighted by Gasteiger charge is 2.31. The van der Waals surface area contributed by atoms with Crippen LogP contribution in [0.2, 0.25) is 5.02 Å². The number of hydrogen-bond acceptors (Lipinski definition) is 1. The van der Waals surface area contributed by atoms with Gasteiger partial charge >= 0.3 is 6.18 Å². The van der Waals surface area contributed by atoms with Crippen LogP contribution >= 0.6 is 11.6 Å². The number of amides is 1. The highest BCUT2D eigenvalue weighted by Crippen LogP contribution is 2.33. The molecule has 1 amide bonds. The Morgan fingerprint density at radius 1 is 0.964 bits per heavy atom. The number of nitrogens with one attached hydrogen (secondary N) is 1. The summed E-state index contributed by atoms with van der Waals surface area (Å²) in [5.74, 6) is -0.470. The topological polar surface area (TPSA) is 33.0 Å². The zero-order chi connectivity index (χ0) is 20.1. The second kappa shape index (κ2) is 8.44. The molecule has 0 saturated heterocycles. The molecular formula is C21H17ClF3N2O+. The van der Waals surface area contributed by atoms with Gasteiger partial charge in [0, 0.05) is 12.1 Å². The summed E-state index contributed by atoms with van der Waals surface area (Å²) in [6.45, 7) is -0.0435. The first-order chi connectivity index (χ1) is 13.3. The van der Waals surface area contributed by atoms with Crippen molar-refractivity contribution < 1.29 is 22.5 Å². The van der Waals surface area contributed by atoms with Crippen molar-refractivity contribution in [1.29, 1.82) is 0 Å². The molecule has 0 unspecified atom stereocenters. The maximum absolute atomic E-state index is 12.8. The van der Waals surface area contributed by atoms with Crippen LogP contribution in [0.3, 0.4) is 0 Å². The molecule has 0 saturated carbocycles. The summed E-state index contributed by atoms with van der Waals surface area (Å²) in [7, 11) is 0. The van der Waals surface area contributed by atoms with Gasteiger partial charge in [0.1, 0.15) is 0 Å². The van der Waals surface area contributed by atoms with Crippen molar-refractivity contribution in [3.63, 3.8) is 0 Å². The Labute approximate surface area is 165 Å². The van der Waals surface area contributed by atoms with Crippen LogP contribution in [0.25, 0.3) is 0 Å². The molecular weight excluding hydrogens is 389 g/mol. The second-order valence-corrected chi connectivity index (χ2v) is 6.69. The number of halogens is 4. The molecule has 3 nitrogen and oxygen atoms in total. The van der Waals surface area contributed by atoms with Gasteiger partial charge in [0.25, 0.3) is 5.91 Å². The summed E-state index contributed by atoms with van der Waals surface area (Å²) < 4.78 is 40.1. The fourth-order valence-electron chi connectivity index (χ4n) is 2.70. The third-order valence-electron chi connectivity index (χ3n) is 4.11. The molecule has 0 aliphatic heterocycles. The van der Waals surface area contributed by atoms with Crippen LogP contribution in [0.4, 0.5) is 18.9 Å². The molecule has 3 aromatic rings. The molecule has 1 aromatic heterocycles. The van der Waals surface area contributed by atoms with Crippen molar-refractivity contribution in [3.05, 3.63) is 94.8 Å². The van der Waals surface area contributed by atoms with Crippen LogP contribution in [0, 0.1) is 0 Å². The SMILES string of the molecule is O=C(C[n+]1ccc(Cc2ccccc2)cc1)Nc1cc(C(F)(F)F)ccc1Cl. The van der Waals surface area contributed by atoms with Crippen LogP contribution in [0.5, 0.6) is 0 Å². The molecule has 3 rings (SSSR count). The number of nitrogens with zero attached hydrogens (tertiary/aromatic N) is 1. The number of carbonyl (C=O) groups is 1. The molecule has 0 atom stereocenters. The monoisotopic (exact) mass is 405 g/mol. The van der Waals surface area contributed by atoms with E-state index in [0.717, 1.165) is 30.2 Å². The van der Waals surface area contributed by atoms with Gasteiger partial charge in [-0.15, -0.1) is 0 Å². The lowest BCUT2D eigenvalue weighted by molar-refractivity contribution is -0.684. The number of carbonyl (C=O) groups excluding carboxylic acids is 1. The van der Waals surface area contributed by atoms with Gasteiger partial charge in [-0.3, -0.25) is 4.79 Å². The molecule has 0 aliphatic carbocycles. The van der Waals surface area contributed by atoms with Crippen molar-refractivity contribution in [2.75, 3.05) is 5.32 Å². The molecule has 28 heavy (non-hydrogen) atoms. The summed E-state index contributed by atoms with van der Waals surface area (Å²) >= 11 is 5.90. The second-order valence-electron chi connectivity index (χ2n) is 6.28. The van der Waals surface area contributed by atoms with Crippen molar-refractivity contribution in [3.8, 4) is 0 Å². The van der Waals surface area contributed by atoms with Gasteiger partial charge in [0.15, 0.2) is 12.4 Å². The zero-order valence-electron chi connectivity index (χ0n) is 14.7. The van der Waals surface area contributed by atoms with Crippen LogP contribution < -0.4 is 9.88 Å². The number of alkyl halides is 3. The first kappa shape index (κ1) is 19.9. The van der Waals surface area contributed by atoms with E-state index in [1.54, 1.807) is 17.0 Å². The average molecular weight is 406 g/mol. The number of rotatable bonds is 5. The number of hydrogen-bond donors (Lipinski definition) is 1. The minimum atomic E-state index is -4.51. The Bertz CT molecular complexity index is 958. The minimum absolute atomic E-state index is 0.0435. The molecule has 0 spiro atoms. The fourth-order valence-corrected chi connectivity index (χ4v) is 2.86. The first-order valence-electron chi connectivity index (χ1n) is 8.50. The highest BCUT2D eigenvalue weighted by molar-refractivity contribution is 6.33. The van der Waals surface area contributed by atoms with Gasteiger partial charge in [0.2, 0.25) is 6.54 Å². The van der Waals surface area contributed by atoms with Gasteiger partial charge in [-0.05, 0) is 35.7 Å². The third kappa shape index (κ3) is 5.33. The predicted molar refractivity (Wildman–Crippen MR) is 101 cm³/mol. The Balaban J connectivity index is 1.64. The number of pyridine rings is 1. The van der Waals surface area contributed by atoms with E-state index in [0.29, 0.717) is 0 Å². The van der Waals surface area contributed by atoms with Gasteiger partial charge in [-0.2, -0.15) is 17.7 Å². The molecule has 1 N–H and O–H groups in total. The van der Waals surface area contributed by atoms with Gasteiger partial charge in [-0.25, -0.2) is 0 Å². The molecule has 144 valence electrons. The lowest BCUT2D eigenvalue weighted by Gasteiger charge is -2.11. The summed E-state index contributed by atoms with van der Waals surface area (Å²) in [6, 6.07) is 16.6. The maximum atomic E-state index is 12.8. The molecule has 0 radical (unpaired) electrons. The molecule has 1 heterocycles. The van der Waals surface area contributed by atoms with Gasteiger partial charge in [-0.1, -0.05) is 41.9 Å². The van der Waals surface area contributed by atoms with E-state index in [-0.39, 0.29) is 17.3 Å². The van der Waals surface area contributed by atoms with Crippen molar-refractivity contribution in [2.24, 2.45) is 0 Å². The van der Waals surface area contributed by atoms with Gasteiger partial charge in [0.05, 0.1) is 16.3 Å². The van der Waals surface area contributed by atoms with E-state index >= 15 is 0 Å². The highest BCUT2D eigenvalue weighted by atomic mass is 35.5. The van der Waals surface area contributed by atoms with E-state index < -0.39 is 17.6 Å². The van der Waals surface area contributed by atoms with Crippen LogP contribution in [0.1, 0.15) is 16.7 Å². The van der Waals surface area contributed by atoms with E-state index in [1.807, 2.05) is 42.5 Å². The summed E-state index contributed by atoms with van der Waals surface area (Å²) in [5.41, 5.74) is 1.33. The molecule has 0 fully saturated rings. The first-order valence-corrected chi connectivity index (χ1v) is 8.87. The normalized spacial score (nSPS) is 11.3. The Hall–Kier alpha value is -2.86. The van der Waals surface area contributed by atoms with Crippen LogP contribution in [-0.2, 0) is 23.9 Å². The summed E-state index contributed by atoms with van der Waals surface area (Å²) in [5, 5.41) is 2.48. The maximum Gasteiger partial charge on any atom is 0.416 e. The summed E-state index contributed by atoms with van der Waals surface area (Å²) in [6.07, 6.45) is -0.224. The predicted octanol–water partition coefficient (Wildman–Crippen LogP) is 4.88. The molecule has 0 aliphatic rings. The van der Waals surface area contributed by atoms with Crippen LogP contribution in [-0.4, -0.2) is 5.91 Å². The zero-order valence-corrected chi connectivity index (χ0v) is 15.5. The quantitative estimate of drug-likeness (QED) is 0.603. The third-order valence-corrected chi connectivity index (χ3v) is 4.43. The minimum Gasteiger partial charge on any atom is -0.319 e. The average Bonchev–Trinajstić information content (AvgIpc) is 2.65. The number of anilines is 1. The standard InChI is InChI=1S/C21H16ClF3N2O/c22-18-7-6-17(21(23,24)25)13-19(18)26-20(28)14-27-10-8-16(9-11-27)12-15-4-2-1-3-5-15/h1-11,13H,12,14H2/p+1. The molecule has 0 bridgehead atoms. The van der Waals surface area contributed by atoms with E-state index in [4.69, 9.17) is 11.6 Å². The largest absolute Gasteiger partial charge is 0.416 e.